The lowest BCUT2D eigenvalue weighted by Crippen LogP contribution is -2.51. The number of carbonyl (C=O) groups is 1. The standard InChI is InChI=1S/C25H24F3N3OS/c1-15(16-5-3-2-4-6-16)30-23(32)24-19-9-7-17(11-19)22(24)14-31(33-24)20-10-8-18(13-29)21(12-20)25(26,27)28/h2-6,8,10,12,15,17,19,22H,7,9,11,14H2,1H3,(H,30,32)/t15-,17-,19+,22-,24+/m0/s1. The van der Waals surface area contributed by atoms with Crippen LogP contribution in [0.2, 0.25) is 0 Å². The van der Waals surface area contributed by atoms with Gasteiger partial charge in [-0.2, -0.15) is 18.4 Å². The first kappa shape index (κ1) is 22.1. The van der Waals surface area contributed by atoms with Crippen LogP contribution in [0.4, 0.5) is 18.9 Å². The molecule has 1 saturated heterocycles. The molecule has 4 nitrogen and oxygen atoms in total. The topological polar surface area (TPSA) is 56.1 Å². The van der Waals surface area contributed by atoms with Gasteiger partial charge in [0, 0.05) is 18.2 Å². The molecule has 0 spiro atoms. The number of nitrogens with one attached hydrogen (secondary N) is 1. The SMILES string of the molecule is C[C@H](NC(=O)[C@]12SN(c3ccc(C#N)c(C(F)(F)F)c3)C[C@H]1[C@H]1CC[C@@H]2C1)c1ccccc1. The van der Waals surface area contributed by atoms with E-state index in [1.54, 1.807) is 12.1 Å². The minimum atomic E-state index is -4.61. The summed E-state index contributed by atoms with van der Waals surface area (Å²) in [5.74, 6) is 0.694. The Morgan fingerprint density at radius 1 is 1.24 bits per heavy atom. The third kappa shape index (κ3) is 3.57. The maximum atomic E-state index is 13.7. The largest absolute Gasteiger partial charge is 0.417 e. The molecule has 1 aliphatic heterocycles. The molecule has 0 unspecified atom stereocenters. The Morgan fingerprint density at radius 2 is 2.00 bits per heavy atom. The predicted molar refractivity (Wildman–Crippen MR) is 121 cm³/mol. The van der Waals surface area contributed by atoms with E-state index in [9.17, 15) is 18.0 Å². The third-order valence-electron chi connectivity index (χ3n) is 7.54. The molecule has 1 heterocycles. The van der Waals surface area contributed by atoms with Gasteiger partial charge < -0.3 is 9.62 Å². The molecule has 3 fully saturated rings. The van der Waals surface area contributed by atoms with E-state index in [4.69, 9.17) is 5.26 Å². The molecule has 2 aromatic carbocycles. The molecular weight excluding hydrogens is 447 g/mol. The van der Waals surface area contributed by atoms with Gasteiger partial charge in [0.25, 0.3) is 0 Å². The predicted octanol–water partition coefficient (Wildman–Crippen LogP) is 5.71. The zero-order chi connectivity index (χ0) is 23.4. The van der Waals surface area contributed by atoms with Crippen LogP contribution in [0.5, 0.6) is 0 Å². The fraction of sp³-hybridized carbons (Fsp3) is 0.440. The summed E-state index contributed by atoms with van der Waals surface area (Å²) in [6, 6.07) is 15.1. The van der Waals surface area contributed by atoms with E-state index in [2.05, 4.69) is 5.32 Å². The van der Waals surface area contributed by atoms with E-state index in [1.165, 1.54) is 18.0 Å². The van der Waals surface area contributed by atoms with E-state index < -0.39 is 16.5 Å². The van der Waals surface area contributed by atoms with Crippen molar-refractivity contribution in [2.75, 3.05) is 10.8 Å². The second-order valence-corrected chi connectivity index (χ2v) is 10.6. The van der Waals surface area contributed by atoms with E-state index in [-0.39, 0.29) is 29.3 Å². The first-order chi connectivity index (χ1) is 15.7. The van der Waals surface area contributed by atoms with Gasteiger partial charge in [-0.25, -0.2) is 0 Å². The maximum absolute atomic E-state index is 13.7. The summed E-state index contributed by atoms with van der Waals surface area (Å²) >= 11 is 1.39. The van der Waals surface area contributed by atoms with Gasteiger partial charge in [-0.1, -0.05) is 30.3 Å². The summed E-state index contributed by atoms with van der Waals surface area (Å²) in [5, 5.41) is 12.3. The third-order valence-corrected chi connectivity index (χ3v) is 9.25. The van der Waals surface area contributed by atoms with Crippen LogP contribution in [0, 0.1) is 29.1 Å². The minimum Gasteiger partial charge on any atom is -0.348 e. The number of nitrogens with zero attached hydrogens (tertiary/aromatic N) is 2. The molecule has 5 atom stereocenters. The average Bonchev–Trinajstić information content (AvgIpc) is 3.51. The Balaban J connectivity index is 1.45. The summed E-state index contributed by atoms with van der Waals surface area (Å²) in [4.78, 5) is 13.7. The van der Waals surface area contributed by atoms with Crippen molar-refractivity contribution in [3.63, 3.8) is 0 Å². The lowest BCUT2D eigenvalue weighted by molar-refractivity contribution is -0.137. The Labute approximate surface area is 195 Å². The number of nitriles is 1. The molecule has 8 heteroatoms. The lowest BCUT2D eigenvalue weighted by atomic mass is 9.77. The molecule has 2 bridgehead atoms. The number of fused-ring (bicyclic) bond motifs is 5. The minimum absolute atomic E-state index is 0.0201. The molecule has 2 saturated carbocycles. The van der Waals surface area contributed by atoms with Gasteiger partial charge in [-0.05, 0) is 73.7 Å². The quantitative estimate of drug-likeness (QED) is 0.581. The number of halogens is 3. The van der Waals surface area contributed by atoms with E-state index >= 15 is 0 Å². The van der Waals surface area contributed by atoms with Crippen LogP contribution in [-0.2, 0) is 11.0 Å². The van der Waals surface area contributed by atoms with Crippen molar-refractivity contribution in [2.45, 2.75) is 43.2 Å². The van der Waals surface area contributed by atoms with Crippen LogP contribution in [0.1, 0.15) is 48.9 Å². The van der Waals surface area contributed by atoms with Gasteiger partial charge in [0.15, 0.2) is 0 Å². The number of hydrogen-bond donors (Lipinski definition) is 1. The smallest absolute Gasteiger partial charge is 0.348 e. The van der Waals surface area contributed by atoms with Crippen molar-refractivity contribution in [1.82, 2.24) is 5.32 Å². The fourth-order valence-corrected chi connectivity index (χ4v) is 7.68. The molecular formula is C25H24F3N3OS. The van der Waals surface area contributed by atoms with Gasteiger partial charge in [-0.15, -0.1) is 0 Å². The molecule has 172 valence electrons. The molecule has 2 aliphatic carbocycles. The first-order valence-electron chi connectivity index (χ1n) is 11.2. The highest BCUT2D eigenvalue weighted by Gasteiger charge is 2.67. The molecule has 1 N–H and O–H groups in total. The molecule has 0 aromatic heterocycles. The Kier molecular flexibility index (Phi) is 5.36. The number of hydrogen-bond acceptors (Lipinski definition) is 4. The molecule has 3 aliphatic rings. The van der Waals surface area contributed by atoms with Gasteiger partial charge in [0.05, 0.1) is 23.2 Å². The number of alkyl halides is 3. The number of amides is 1. The summed E-state index contributed by atoms with van der Waals surface area (Å²) < 4.78 is 41.8. The van der Waals surface area contributed by atoms with E-state index in [1.807, 2.05) is 41.6 Å². The summed E-state index contributed by atoms with van der Waals surface area (Å²) in [6.07, 6.45) is -1.58. The van der Waals surface area contributed by atoms with Crippen molar-refractivity contribution in [3.8, 4) is 6.07 Å². The van der Waals surface area contributed by atoms with Crippen molar-refractivity contribution in [3.05, 3.63) is 65.2 Å². The molecule has 2 aromatic rings. The number of carbonyl (C=O) groups excluding carboxylic acids is 1. The fourth-order valence-electron chi connectivity index (χ4n) is 5.96. The molecule has 0 radical (unpaired) electrons. The van der Waals surface area contributed by atoms with Gasteiger partial charge in [0.2, 0.25) is 5.91 Å². The van der Waals surface area contributed by atoms with Crippen molar-refractivity contribution >= 4 is 23.5 Å². The molecule has 5 rings (SSSR count). The molecule has 1 amide bonds. The van der Waals surface area contributed by atoms with Crippen molar-refractivity contribution in [2.24, 2.45) is 17.8 Å². The van der Waals surface area contributed by atoms with Crippen LogP contribution in [-0.4, -0.2) is 17.2 Å². The molecule has 33 heavy (non-hydrogen) atoms. The average molecular weight is 472 g/mol. The highest BCUT2D eigenvalue weighted by Crippen LogP contribution is 2.65. The Hall–Kier alpha value is -2.66. The van der Waals surface area contributed by atoms with Gasteiger partial charge >= 0.3 is 6.18 Å². The van der Waals surface area contributed by atoms with Crippen molar-refractivity contribution < 1.29 is 18.0 Å². The van der Waals surface area contributed by atoms with E-state index in [0.717, 1.165) is 30.9 Å². The van der Waals surface area contributed by atoms with Crippen LogP contribution in [0.25, 0.3) is 0 Å². The maximum Gasteiger partial charge on any atom is 0.417 e. The zero-order valence-electron chi connectivity index (χ0n) is 18.1. The van der Waals surface area contributed by atoms with Crippen LogP contribution in [0.15, 0.2) is 48.5 Å². The number of rotatable bonds is 4. The second kappa shape index (κ2) is 7.98. The lowest BCUT2D eigenvalue weighted by Gasteiger charge is -2.36. The van der Waals surface area contributed by atoms with Gasteiger partial charge in [0.1, 0.15) is 4.75 Å². The Bertz CT molecular complexity index is 1120. The second-order valence-electron chi connectivity index (χ2n) is 9.27. The highest BCUT2D eigenvalue weighted by molar-refractivity contribution is 8.03. The highest BCUT2D eigenvalue weighted by atomic mass is 32.2. The first-order valence-corrected chi connectivity index (χ1v) is 11.9. The summed E-state index contributed by atoms with van der Waals surface area (Å²) in [6.45, 7) is 2.49. The Morgan fingerprint density at radius 3 is 2.70 bits per heavy atom. The van der Waals surface area contributed by atoms with Crippen LogP contribution in [0.3, 0.4) is 0 Å². The summed E-state index contributed by atoms with van der Waals surface area (Å²) in [7, 11) is 0. The van der Waals surface area contributed by atoms with E-state index in [0.29, 0.717) is 18.2 Å². The van der Waals surface area contributed by atoms with Gasteiger partial charge in [-0.3, -0.25) is 4.79 Å². The number of benzene rings is 2. The van der Waals surface area contributed by atoms with Crippen LogP contribution >= 0.6 is 11.9 Å². The summed E-state index contributed by atoms with van der Waals surface area (Å²) in [5.41, 5.74) is 0.0892. The normalized spacial score (nSPS) is 28.9. The van der Waals surface area contributed by atoms with Crippen LogP contribution < -0.4 is 9.62 Å². The monoisotopic (exact) mass is 471 g/mol. The zero-order valence-corrected chi connectivity index (χ0v) is 18.9. The number of anilines is 1. The van der Waals surface area contributed by atoms with Crippen molar-refractivity contribution in [1.29, 1.82) is 5.26 Å².